The molecule has 0 amide bonds. The van der Waals surface area contributed by atoms with E-state index in [-0.39, 0.29) is 5.97 Å². The van der Waals surface area contributed by atoms with Gasteiger partial charge in [-0.3, -0.25) is 0 Å². The van der Waals surface area contributed by atoms with Crippen LogP contribution >= 0.6 is 11.3 Å². The zero-order chi connectivity index (χ0) is 23.6. The SMILES string of the molecule is COC(=O)c1cccc(Cn2nc(-c3nc(-c4ccc(OC(C)(C)F)cc4)cs3)nc2C)c1. The fraction of sp³-hybridized carbons (Fsp3) is 0.250. The number of aryl methyl sites for hydroxylation is 1. The highest BCUT2D eigenvalue weighted by Crippen LogP contribution is 2.29. The normalized spacial score (nSPS) is 11.4. The molecule has 0 N–H and O–H groups in total. The lowest BCUT2D eigenvalue weighted by Crippen LogP contribution is -2.20. The van der Waals surface area contributed by atoms with Gasteiger partial charge < -0.3 is 9.47 Å². The number of thiazole rings is 1. The third-order valence-electron chi connectivity index (χ3n) is 4.74. The van der Waals surface area contributed by atoms with E-state index in [2.05, 4.69) is 15.1 Å². The number of hydrogen-bond donors (Lipinski definition) is 0. The van der Waals surface area contributed by atoms with E-state index in [1.165, 1.54) is 32.3 Å². The van der Waals surface area contributed by atoms with E-state index in [0.717, 1.165) is 22.6 Å². The van der Waals surface area contributed by atoms with Crippen molar-refractivity contribution >= 4 is 17.3 Å². The Kier molecular flexibility index (Phi) is 6.24. The molecule has 0 aliphatic rings. The second-order valence-corrected chi connectivity index (χ2v) is 8.72. The van der Waals surface area contributed by atoms with Crippen molar-refractivity contribution in [3.63, 3.8) is 0 Å². The first-order chi connectivity index (χ1) is 15.7. The standard InChI is InChI=1S/C24H23FN4O3S/c1-15-26-21(28-29(15)13-16-6-5-7-18(12-16)23(30)31-4)22-27-20(14-33-22)17-8-10-19(11-9-17)32-24(2,3)25/h5-12,14H,13H2,1-4H3. The van der Waals surface area contributed by atoms with Crippen molar-refractivity contribution in [1.29, 1.82) is 0 Å². The van der Waals surface area contributed by atoms with Crippen LogP contribution < -0.4 is 4.74 Å². The molecule has 0 fully saturated rings. The van der Waals surface area contributed by atoms with Crippen molar-refractivity contribution in [3.05, 3.63) is 70.9 Å². The second-order valence-electron chi connectivity index (χ2n) is 7.86. The van der Waals surface area contributed by atoms with E-state index >= 15 is 0 Å². The molecule has 4 rings (SSSR count). The van der Waals surface area contributed by atoms with Crippen LogP contribution in [0, 0.1) is 6.92 Å². The molecular formula is C24H23FN4O3S. The van der Waals surface area contributed by atoms with Gasteiger partial charge in [0.05, 0.1) is 24.9 Å². The number of hydrogen-bond acceptors (Lipinski definition) is 7. The summed E-state index contributed by atoms with van der Waals surface area (Å²) < 4.78 is 25.5. The van der Waals surface area contributed by atoms with Crippen molar-refractivity contribution in [3.8, 4) is 27.8 Å². The Balaban J connectivity index is 1.52. The van der Waals surface area contributed by atoms with E-state index in [1.54, 1.807) is 28.9 Å². The average Bonchev–Trinajstić information content (AvgIpc) is 3.40. The maximum atomic E-state index is 13.7. The van der Waals surface area contributed by atoms with Gasteiger partial charge in [-0.15, -0.1) is 16.4 Å². The van der Waals surface area contributed by atoms with Crippen LogP contribution in [0.4, 0.5) is 4.39 Å². The Bertz CT molecular complexity index is 1280. The number of esters is 1. The Hall–Kier alpha value is -3.59. The van der Waals surface area contributed by atoms with Crippen LogP contribution in [0.15, 0.2) is 53.9 Å². The average molecular weight is 467 g/mol. The summed E-state index contributed by atoms with van der Waals surface area (Å²) in [5, 5.41) is 7.23. The van der Waals surface area contributed by atoms with Crippen LogP contribution in [0.5, 0.6) is 5.75 Å². The van der Waals surface area contributed by atoms with Gasteiger partial charge >= 0.3 is 5.97 Å². The van der Waals surface area contributed by atoms with Gasteiger partial charge in [0.2, 0.25) is 11.7 Å². The minimum Gasteiger partial charge on any atom is -0.465 e. The first-order valence-electron chi connectivity index (χ1n) is 10.2. The molecule has 2 aromatic heterocycles. The van der Waals surface area contributed by atoms with Gasteiger partial charge in [0.1, 0.15) is 11.6 Å². The Morgan fingerprint density at radius 1 is 1.15 bits per heavy atom. The predicted molar refractivity (Wildman–Crippen MR) is 124 cm³/mol. The largest absolute Gasteiger partial charge is 0.465 e. The lowest BCUT2D eigenvalue weighted by Gasteiger charge is -2.16. The van der Waals surface area contributed by atoms with E-state index < -0.39 is 5.85 Å². The second kappa shape index (κ2) is 9.11. The summed E-state index contributed by atoms with van der Waals surface area (Å²) in [6.45, 7) is 5.06. The zero-order valence-corrected chi connectivity index (χ0v) is 19.5. The van der Waals surface area contributed by atoms with Crippen LogP contribution in [-0.4, -0.2) is 38.7 Å². The molecule has 33 heavy (non-hydrogen) atoms. The highest BCUT2D eigenvalue weighted by molar-refractivity contribution is 7.13. The molecule has 2 aromatic carbocycles. The fourth-order valence-electron chi connectivity index (χ4n) is 3.23. The summed E-state index contributed by atoms with van der Waals surface area (Å²) in [5.74, 6) is -0.393. The number of rotatable bonds is 7. The Morgan fingerprint density at radius 2 is 1.91 bits per heavy atom. The number of nitrogens with zero attached hydrogens (tertiary/aromatic N) is 4. The summed E-state index contributed by atoms with van der Waals surface area (Å²) in [4.78, 5) is 21.0. The molecule has 0 radical (unpaired) electrons. The molecule has 9 heteroatoms. The van der Waals surface area contributed by atoms with Crippen molar-refractivity contribution in [2.45, 2.75) is 33.2 Å². The van der Waals surface area contributed by atoms with Crippen LogP contribution in [0.1, 0.15) is 35.6 Å². The first-order valence-corrected chi connectivity index (χ1v) is 11.1. The molecule has 0 aliphatic heterocycles. The zero-order valence-electron chi connectivity index (χ0n) is 18.7. The third-order valence-corrected chi connectivity index (χ3v) is 5.58. The Morgan fingerprint density at radius 3 is 2.61 bits per heavy atom. The summed E-state index contributed by atoms with van der Waals surface area (Å²) in [5.41, 5.74) is 3.07. The molecule has 0 bridgehead atoms. The number of carbonyl (C=O) groups excluding carboxylic acids is 1. The van der Waals surface area contributed by atoms with Crippen LogP contribution in [-0.2, 0) is 11.3 Å². The van der Waals surface area contributed by atoms with E-state index in [9.17, 15) is 9.18 Å². The molecule has 170 valence electrons. The van der Waals surface area contributed by atoms with Gasteiger partial charge in [-0.2, -0.15) is 4.39 Å². The number of aromatic nitrogens is 4. The molecule has 4 aromatic rings. The van der Waals surface area contributed by atoms with Gasteiger partial charge in [-0.1, -0.05) is 12.1 Å². The molecule has 0 saturated heterocycles. The molecule has 2 heterocycles. The van der Waals surface area contributed by atoms with Gasteiger partial charge in [0, 0.05) is 24.8 Å². The summed E-state index contributed by atoms with van der Waals surface area (Å²) in [7, 11) is 1.36. The van der Waals surface area contributed by atoms with Crippen LogP contribution in [0.2, 0.25) is 0 Å². The van der Waals surface area contributed by atoms with Crippen LogP contribution in [0.3, 0.4) is 0 Å². The van der Waals surface area contributed by atoms with Crippen molar-refractivity contribution < 1.29 is 18.7 Å². The molecule has 7 nitrogen and oxygen atoms in total. The quantitative estimate of drug-likeness (QED) is 0.344. The van der Waals surface area contributed by atoms with Crippen LogP contribution in [0.25, 0.3) is 22.1 Å². The van der Waals surface area contributed by atoms with E-state index in [0.29, 0.717) is 28.7 Å². The van der Waals surface area contributed by atoms with Crippen molar-refractivity contribution in [1.82, 2.24) is 19.7 Å². The maximum absolute atomic E-state index is 13.7. The summed E-state index contributed by atoms with van der Waals surface area (Å²) >= 11 is 1.45. The number of methoxy groups -OCH3 is 1. The van der Waals surface area contributed by atoms with Crippen molar-refractivity contribution in [2.75, 3.05) is 7.11 Å². The topological polar surface area (TPSA) is 79.1 Å². The highest BCUT2D eigenvalue weighted by Gasteiger charge is 2.17. The Labute approximate surface area is 194 Å². The minimum absolute atomic E-state index is 0.379. The third kappa shape index (κ3) is 5.43. The lowest BCUT2D eigenvalue weighted by molar-refractivity contribution is -0.0257. The van der Waals surface area contributed by atoms with Gasteiger partial charge in [0.15, 0.2) is 5.01 Å². The summed E-state index contributed by atoms with van der Waals surface area (Å²) in [6, 6.07) is 14.3. The molecular weight excluding hydrogens is 443 g/mol. The number of carbonyl (C=O) groups is 1. The maximum Gasteiger partial charge on any atom is 0.337 e. The van der Waals surface area contributed by atoms with E-state index in [1.807, 2.05) is 36.6 Å². The minimum atomic E-state index is -1.74. The number of ether oxygens (including phenoxy) is 2. The van der Waals surface area contributed by atoms with Gasteiger partial charge in [-0.05, 0) is 48.9 Å². The molecule has 0 spiro atoms. The molecule has 0 unspecified atom stereocenters. The summed E-state index contributed by atoms with van der Waals surface area (Å²) in [6.07, 6.45) is 0. The first kappa shape index (κ1) is 22.6. The highest BCUT2D eigenvalue weighted by atomic mass is 32.1. The monoisotopic (exact) mass is 466 g/mol. The fourth-order valence-corrected chi connectivity index (χ4v) is 3.99. The molecule has 0 atom stereocenters. The van der Waals surface area contributed by atoms with Gasteiger partial charge in [-0.25, -0.2) is 19.4 Å². The molecule has 0 aliphatic carbocycles. The number of halogens is 1. The number of benzene rings is 2. The number of alkyl halides is 1. The van der Waals surface area contributed by atoms with E-state index in [4.69, 9.17) is 9.47 Å². The smallest absolute Gasteiger partial charge is 0.337 e. The molecule has 0 saturated carbocycles. The van der Waals surface area contributed by atoms with Gasteiger partial charge in [0.25, 0.3) is 0 Å². The predicted octanol–water partition coefficient (Wildman–Crippen LogP) is 5.30. The van der Waals surface area contributed by atoms with Crippen molar-refractivity contribution in [2.24, 2.45) is 0 Å². The lowest BCUT2D eigenvalue weighted by atomic mass is 10.1.